The quantitative estimate of drug-likeness (QED) is 0.153. The second kappa shape index (κ2) is 15.6. The molecule has 212 valence electrons. The minimum absolute atomic E-state index is 0.995. The van der Waals surface area contributed by atoms with Gasteiger partial charge in [0, 0.05) is 61.8 Å². The van der Waals surface area contributed by atoms with Crippen LogP contribution in [0.2, 0.25) is 0 Å². The van der Waals surface area contributed by atoms with E-state index in [1.807, 2.05) is 0 Å². The Labute approximate surface area is 247 Å². The molecule has 0 atom stereocenters. The molecular weight excluding hydrogens is 500 g/mol. The molecule has 4 nitrogen and oxygen atoms in total. The van der Waals surface area contributed by atoms with E-state index < -0.39 is 0 Å². The minimum Gasteiger partial charge on any atom is -0.372 e. The summed E-state index contributed by atoms with van der Waals surface area (Å²) in [6, 6.07) is 26.4. The molecule has 2 aromatic carbocycles. The lowest BCUT2D eigenvalue weighted by atomic mass is 10.1. The Morgan fingerprint density at radius 1 is 0.439 bits per heavy atom. The van der Waals surface area contributed by atoms with Crippen LogP contribution in [0.15, 0.2) is 97.6 Å². The van der Waals surface area contributed by atoms with Gasteiger partial charge in [-0.1, -0.05) is 48.6 Å². The van der Waals surface area contributed by atoms with E-state index in [1.165, 1.54) is 33.6 Å². The van der Waals surface area contributed by atoms with Crippen molar-refractivity contribution in [1.29, 1.82) is 0 Å². The van der Waals surface area contributed by atoms with Gasteiger partial charge in [-0.2, -0.15) is 0 Å². The van der Waals surface area contributed by atoms with Gasteiger partial charge in [0.25, 0.3) is 0 Å². The number of aryl methyl sites for hydroxylation is 2. The Balaban J connectivity index is 1.22. The van der Waals surface area contributed by atoms with Crippen molar-refractivity contribution in [3.63, 3.8) is 0 Å². The van der Waals surface area contributed by atoms with Crippen molar-refractivity contribution in [1.82, 2.24) is 0 Å². The van der Waals surface area contributed by atoms with E-state index in [0.717, 1.165) is 45.7 Å². The van der Waals surface area contributed by atoms with E-state index >= 15 is 0 Å². The van der Waals surface area contributed by atoms with Crippen molar-refractivity contribution in [2.75, 3.05) is 36.0 Å². The van der Waals surface area contributed by atoms with Gasteiger partial charge in [0.05, 0.1) is 6.42 Å². The Hall–Kier alpha value is -4.18. The smallest absolute Gasteiger partial charge is 0.169 e. The van der Waals surface area contributed by atoms with Crippen molar-refractivity contribution < 1.29 is 9.13 Å². The molecular formula is C37H46N4+2. The first-order valence-electron chi connectivity index (χ1n) is 15.2. The first-order valence-corrected chi connectivity index (χ1v) is 15.2. The van der Waals surface area contributed by atoms with Crippen LogP contribution >= 0.6 is 0 Å². The van der Waals surface area contributed by atoms with Crippen LogP contribution in [0.1, 0.15) is 56.4 Å². The van der Waals surface area contributed by atoms with Gasteiger partial charge in [-0.15, -0.1) is 0 Å². The Morgan fingerprint density at radius 3 is 1.02 bits per heavy atom. The fourth-order valence-electron chi connectivity index (χ4n) is 5.05. The number of benzene rings is 2. The Morgan fingerprint density at radius 2 is 0.732 bits per heavy atom. The number of hydrogen-bond acceptors (Lipinski definition) is 2. The molecule has 4 rings (SSSR count). The first kappa shape index (κ1) is 29.8. The number of pyridine rings is 2. The van der Waals surface area contributed by atoms with Crippen LogP contribution in [0.25, 0.3) is 24.3 Å². The molecule has 0 bridgehead atoms. The zero-order chi connectivity index (χ0) is 28.9. The summed E-state index contributed by atoms with van der Waals surface area (Å²) in [7, 11) is 0. The lowest BCUT2D eigenvalue weighted by Gasteiger charge is -2.20. The maximum Gasteiger partial charge on any atom is 0.169 e. The molecule has 0 aliphatic heterocycles. The molecule has 2 heterocycles. The van der Waals surface area contributed by atoms with Gasteiger partial charge >= 0.3 is 0 Å². The highest BCUT2D eigenvalue weighted by Gasteiger charge is 2.05. The van der Waals surface area contributed by atoms with E-state index in [2.05, 4.69) is 169 Å². The first-order chi connectivity index (χ1) is 20.1. The summed E-state index contributed by atoms with van der Waals surface area (Å²) < 4.78 is 4.53. The van der Waals surface area contributed by atoms with Gasteiger partial charge in [-0.3, -0.25) is 0 Å². The third-order valence-electron chi connectivity index (χ3n) is 7.65. The van der Waals surface area contributed by atoms with Gasteiger partial charge in [-0.25, -0.2) is 9.13 Å². The van der Waals surface area contributed by atoms with Crippen LogP contribution in [0.3, 0.4) is 0 Å². The van der Waals surface area contributed by atoms with Crippen LogP contribution in [0.5, 0.6) is 0 Å². The topological polar surface area (TPSA) is 14.2 Å². The van der Waals surface area contributed by atoms with E-state index in [4.69, 9.17) is 0 Å². The average molecular weight is 547 g/mol. The largest absolute Gasteiger partial charge is 0.372 e. The molecule has 2 aromatic heterocycles. The van der Waals surface area contributed by atoms with Gasteiger partial charge in [0.1, 0.15) is 0 Å². The molecule has 0 aliphatic carbocycles. The molecule has 4 heteroatoms. The van der Waals surface area contributed by atoms with E-state index in [-0.39, 0.29) is 0 Å². The lowest BCUT2D eigenvalue weighted by molar-refractivity contribution is -0.726. The molecule has 0 saturated carbocycles. The van der Waals surface area contributed by atoms with Crippen LogP contribution in [-0.4, -0.2) is 26.2 Å². The van der Waals surface area contributed by atoms with E-state index in [9.17, 15) is 0 Å². The summed E-state index contributed by atoms with van der Waals surface area (Å²) in [6.07, 6.45) is 18.5. The predicted molar refractivity (Wildman–Crippen MR) is 176 cm³/mol. The second-order valence-electron chi connectivity index (χ2n) is 10.3. The third-order valence-corrected chi connectivity index (χ3v) is 7.65. The fraction of sp³-hybridized carbons (Fsp3) is 0.297. The maximum atomic E-state index is 2.36. The zero-order valence-corrected chi connectivity index (χ0v) is 25.3. The molecule has 0 saturated heterocycles. The fourth-order valence-corrected chi connectivity index (χ4v) is 5.05. The highest BCUT2D eigenvalue weighted by Crippen LogP contribution is 2.17. The summed E-state index contributed by atoms with van der Waals surface area (Å²) in [6.45, 7) is 14.9. The zero-order valence-electron chi connectivity index (χ0n) is 25.3. The molecule has 0 spiro atoms. The summed E-state index contributed by atoms with van der Waals surface area (Å²) in [5.74, 6) is 0. The lowest BCUT2D eigenvalue weighted by Crippen LogP contribution is -2.38. The van der Waals surface area contributed by atoms with Gasteiger partial charge < -0.3 is 9.80 Å². The molecule has 0 unspecified atom stereocenters. The van der Waals surface area contributed by atoms with Crippen molar-refractivity contribution in [3.8, 4) is 0 Å². The molecule has 0 aliphatic rings. The summed E-state index contributed by atoms with van der Waals surface area (Å²) in [4.78, 5) is 4.73. The Kier molecular flexibility index (Phi) is 11.3. The van der Waals surface area contributed by atoms with Crippen LogP contribution in [0.4, 0.5) is 11.4 Å². The van der Waals surface area contributed by atoms with E-state index in [0.29, 0.717) is 0 Å². The average Bonchev–Trinajstić information content (AvgIpc) is 3.03. The maximum absolute atomic E-state index is 2.36. The standard InChI is InChI=1S/C37H46N4/c1-5-40(6-2)36-18-14-32(15-19-36)10-12-34-22-28-38(29-23-34)26-9-27-39-30-24-35(25-31-39)13-11-33-16-20-37(21-17-33)41(7-3)8-4/h10-25,28-31H,5-9,26-27H2,1-4H3/q+2. The second-order valence-corrected chi connectivity index (χ2v) is 10.3. The van der Waals surface area contributed by atoms with Crippen molar-refractivity contribution in [2.45, 2.75) is 47.2 Å². The Bertz CT molecular complexity index is 1250. The number of nitrogens with zero attached hydrogens (tertiary/aromatic N) is 4. The van der Waals surface area contributed by atoms with Gasteiger partial charge in [-0.05, 0) is 74.2 Å². The number of hydrogen-bond donors (Lipinski definition) is 0. The van der Waals surface area contributed by atoms with Crippen molar-refractivity contribution in [3.05, 3.63) is 120 Å². The number of anilines is 2. The van der Waals surface area contributed by atoms with Crippen LogP contribution < -0.4 is 18.9 Å². The summed E-state index contributed by atoms with van der Waals surface area (Å²) in [5.41, 5.74) is 7.44. The highest BCUT2D eigenvalue weighted by molar-refractivity contribution is 5.71. The third kappa shape index (κ3) is 8.91. The monoisotopic (exact) mass is 546 g/mol. The SMILES string of the molecule is CCN(CC)c1ccc(C=Cc2cc[n+](CCC[n+]3ccc(C=Cc4ccc(N(CC)CC)cc4)cc3)cc2)cc1. The molecule has 41 heavy (non-hydrogen) atoms. The summed E-state index contributed by atoms with van der Waals surface area (Å²) >= 11 is 0. The van der Waals surface area contributed by atoms with Crippen LogP contribution in [0, 0.1) is 0 Å². The van der Waals surface area contributed by atoms with Crippen molar-refractivity contribution in [2.24, 2.45) is 0 Å². The van der Waals surface area contributed by atoms with Crippen molar-refractivity contribution >= 4 is 35.7 Å². The number of aromatic nitrogens is 2. The minimum atomic E-state index is 0.995. The predicted octanol–water partition coefficient (Wildman–Crippen LogP) is 7.39. The van der Waals surface area contributed by atoms with E-state index in [1.54, 1.807) is 0 Å². The molecule has 0 amide bonds. The molecule has 4 aromatic rings. The molecule has 0 radical (unpaired) electrons. The highest BCUT2D eigenvalue weighted by atomic mass is 15.1. The summed E-state index contributed by atoms with van der Waals surface area (Å²) in [5, 5.41) is 0. The molecule has 0 N–H and O–H groups in total. The normalized spacial score (nSPS) is 11.4. The molecule has 0 fully saturated rings. The van der Waals surface area contributed by atoms with Gasteiger partial charge in [0.2, 0.25) is 0 Å². The van der Waals surface area contributed by atoms with Crippen LogP contribution in [-0.2, 0) is 13.1 Å². The number of rotatable bonds is 14. The van der Waals surface area contributed by atoms with Gasteiger partial charge in [0.15, 0.2) is 37.9 Å².